The number of carbonyl (C=O) groups excluding carboxylic acids is 1. The van der Waals surface area contributed by atoms with Gasteiger partial charge in [0.05, 0.1) is 35.4 Å². The molecule has 0 aliphatic rings. The van der Waals surface area contributed by atoms with Crippen LogP contribution in [0.2, 0.25) is 30.1 Å². The standard InChI is InChI=1S/C12H4Cl6OS2.C10H14N2OS/c13-5-1-7(15)11(8(16)2-5)20-19-21-12-9(17)3-6(14)4-10(12)18;13-10(12-6-1-2-7-14)9-4-3-5-11-8-9/h1-4H;3-5,8,14H,1-2,6-7H2,(H,12,13). The molecule has 0 spiro atoms. The van der Waals surface area contributed by atoms with Crippen LogP contribution in [-0.2, 0) is 3.63 Å². The summed E-state index contributed by atoms with van der Waals surface area (Å²) in [6, 6.07) is 9.81. The maximum atomic E-state index is 11.4. The molecule has 0 bridgehead atoms. The number of amides is 1. The molecule has 0 atom stereocenters. The van der Waals surface area contributed by atoms with Gasteiger partial charge in [-0.1, -0.05) is 69.6 Å². The van der Waals surface area contributed by atoms with Gasteiger partial charge in [-0.05, 0) is 55.0 Å². The molecule has 3 rings (SSSR count). The van der Waals surface area contributed by atoms with Crippen molar-refractivity contribution in [3.8, 4) is 0 Å². The van der Waals surface area contributed by atoms with Crippen molar-refractivity contribution in [3.63, 3.8) is 0 Å². The third-order valence-electron chi connectivity index (χ3n) is 3.95. The number of nitrogens with one attached hydrogen (secondary N) is 1. The second-order valence-corrected chi connectivity index (χ2v) is 11.2. The lowest BCUT2D eigenvalue weighted by Crippen LogP contribution is -2.24. The molecule has 188 valence electrons. The Morgan fingerprint density at radius 3 is 1.83 bits per heavy atom. The largest absolute Gasteiger partial charge is 0.352 e. The van der Waals surface area contributed by atoms with Gasteiger partial charge in [-0.3, -0.25) is 9.78 Å². The quantitative estimate of drug-likeness (QED) is 0.137. The molecule has 0 unspecified atom stereocenters. The van der Waals surface area contributed by atoms with Crippen LogP contribution in [0.25, 0.3) is 0 Å². The highest BCUT2D eigenvalue weighted by Gasteiger charge is 2.13. The summed E-state index contributed by atoms with van der Waals surface area (Å²) in [6.07, 6.45) is 5.21. The van der Waals surface area contributed by atoms with Crippen LogP contribution in [0.4, 0.5) is 0 Å². The lowest BCUT2D eigenvalue weighted by molar-refractivity contribution is 0.0953. The summed E-state index contributed by atoms with van der Waals surface area (Å²) in [5, 5.41) is 5.30. The van der Waals surface area contributed by atoms with E-state index in [0.29, 0.717) is 52.0 Å². The van der Waals surface area contributed by atoms with Gasteiger partial charge >= 0.3 is 0 Å². The summed E-state index contributed by atoms with van der Waals surface area (Å²) in [7, 11) is 0. The predicted octanol–water partition coefficient (Wildman–Crippen LogP) is 9.86. The third-order valence-corrected chi connectivity index (χ3v) is 8.11. The van der Waals surface area contributed by atoms with Gasteiger partial charge in [0.15, 0.2) is 0 Å². The van der Waals surface area contributed by atoms with Crippen LogP contribution in [0.3, 0.4) is 0 Å². The first-order chi connectivity index (χ1) is 16.7. The lowest BCUT2D eigenvalue weighted by atomic mass is 10.2. The van der Waals surface area contributed by atoms with Crippen molar-refractivity contribution in [2.45, 2.75) is 22.6 Å². The first-order valence-corrected chi connectivity index (χ1v) is 14.2. The van der Waals surface area contributed by atoms with Gasteiger partial charge in [0, 0.05) is 53.1 Å². The first kappa shape index (κ1) is 31.0. The number of hydrogen-bond acceptors (Lipinski definition) is 6. The van der Waals surface area contributed by atoms with Crippen LogP contribution in [0.15, 0.2) is 58.6 Å². The van der Waals surface area contributed by atoms with E-state index in [1.165, 1.54) is 0 Å². The summed E-state index contributed by atoms with van der Waals surface area (Å²) in [6.45, 7) is 0.703. The van der Waals surface area contributed by atoms with E-state index in [4.69, 9.17) is 73.2 Å². The summed E-state index contributed by atoms with van der Waals surface area (Å²) in [5.41, 5.74) is 0.610. The highest BCUT2D eigenvalue weighted by molar-refractivity contribution is 8.08. The summed E-state index contributed by atoms with van der Waals surface area (Å²) < 4.78 is 5.42. The summed E-state index contributed by atoms with van der Waals surface area (Å²) >= 11 is 41.9. The number of rotatable bonds is 9. The molecule has 0 radical (unpaired) electrons. The molecule has 3 aromatic rings. The van der Waals surface area contributed by atoms with E-state index in [-0.39, 0.29) is 5.91 Å². The normalized spacial score (nSPS) is 10.5. The molecule has 4 nitrogen and oxygen atoms in total. The zero-order chi connectivity index (χ0) is 25.8. The number of halogens is 6. The Morgan fingerprint density at radius 1 is 0.886 bits per heavy atom. The molecule has 35 heavy (non-hydrogen) atoms. The minimum absolute atomic E-state index is 0.0581. The van der Waals surface area contributed by atoms with Crippen molar-refractivity contribution in [2.24, 2.45) is 0 Å². The van der Waals surface area contributed by atoms with Gasteiger partial charge in [0.25, 0.3) is 5.91 Å². The van der Waals surface area contributed by atoms with Gasteiger partial charge in [-0.15, -0.1) is 0 Å². The third kappa shape index (κ3) is 11.0. The molecular formula is C22H18Cl6N2O2S3. The lowest BCUT2D eigenvalue weighted by Gasteiger charge is -2.08. The number of unbranched alkanes of at least 4 members (excludes halogenated alkanes) is 1. The summed E-state index contributed by atoms with van der Waals surface area (Å²) in [5.74, 6) is 0.806. The molecule has 0 saturated heterocycles. The Labute approximate surface area is 248 Å². The predicted molar refractivity (Wildman–Crippen MR) is 155 cm³/mol. The number of pyridine rings is 1. The zero-order valence-electron chi connectivity index (χ0n) is 17.7. The maximum Gasteiger partial charge on any atom is 0.252 e. The van der Waals surface area contributed by atoms with Crippen molar-refractivity contribution in [1.29, 1.82) is 0 Å². The first-order valence-electron chi connectivity index (χ1n) is 9.82. The number of carbonyl (C=O) groups is 1. The SMILES string of the molecule is Clc1cc(Cl)c(SOSc2c(Cl)cc(Cl)cc2Cl)c(Cl)c1.O=C(NCCCCS)c1cccnc1. The fraction of sp³-hybridized carbons (Fsp3) is 0.182. The highest BCUT2D eigenvalue weighted by atomic mass is 35.5. The molecule has 1 N–H and O–H groups in total. The minimum atomic E-state index is -0.0581. The van der Waals surface area contributed by atoms with Gasteiger partial charge < -0.3 is 5.32 Å². The molecule has 0 saturated carbocycles. The van der Waals surface area contributed by atoms with E-state index in [2.05, 4.69) is 22.9 Å². The molecule has 1 heterocycles. The van der Waals surface area contributed by atoms with E-state index in [1.54, 1.807) is 48.8 Å². The van der Waals surface area contributed by atoms with Crippen molar-refractivity contribution in [2.75, 3.05) is 12.3 Å². The molecule has 1 aromatic heterocycles. The summed E-state index contributed by atoms with van der Waals surface area (Å²) in [4.78, 5) is 16.4. The number of benzene rings is 2. The average molecular weight is 651 g/mol. The minimum Gasteiger partial charge on any atom is -0.352 e. The zero-order valence-corrected chi connectivity index (χ0v) is 24.8. The second-order valence-electron chi connectivity index (χ2n) is 6.56. The Morgan fingerprint density at radius 2 is 1.40 bits per heavy atom. The number of aromatic nitrogens is 1. The topological polar surface area (TPSA) is 51.2 Å². The van der Waals surface area contributed by atoms with Crippen LogP contribution in [0.1, 0.15) is 23.2 Å². The van der Waals surface area contributed by atoms with E-state index in [0.717, 1.165) is 42.7 Å². The molecule has 1 amide bonds. The number of hydrogen-bond donors (Lipinski definition) is 2. The Bertz CT molecular complexity index is 1020. The van der Waals surface area contributed by atoms with Crippen LogP contribution >= 0.6 is 106 Å². The van der Waals surface area contributed by atoms with Crippen LogP contribution in [0.5, 0.6) is 0 Å². The van der Waals surface area contributed by atoms with Crippen molar-refractivity contribution < 1.29 is 8.42 Å². The van der Waals surface area contributed by atoms with Gasteiger partial charge in [-0.25, -0.2) is 3.63 Å². The molecule has 0 aliphatic heterocycles. The van der Waals surface area contributed by atoms with Crippen LogP contribution in [0, 0.1) is 0 Å². The molecule has 0 fully saturated rings. The van der Waals surface area contributed by atoms with Crippen LogP contribution in [-0.4, -0.2) is 23.2 Å². The van der Waals surface area contributed by atoms with Crippen molar-refractivity contribution in [1.82, 2.24) is 10.3 Å². The van der Waals surface area contributed by atoms with E-state index in [9.17, 15) is 4.79 Å². The highest BCUT2D eigenvalue weighted by Crippen LogP contribution is 2.43. The van der Waals surface area contributed by atoms with Crippen molar-refractivity contribution >= 4 is 112 Å². The second kappa shape index (κ2) is 16.6. The molecule has 0 aliphatic carbocycles. The maximum absolute atomic E-state index is 11.4. The van der Waals surface area contributed by atoms with Gasteiger partial charge in [-0.2, -0.15) is 12.6 Å². The Balaban J connectivity index is 0.000000269. The van der Waals surface area contributed by atoms with Crippen LogP contribution < -0.4 is 5.32 Å². The molecule has 2 aromatic carbocycles. The Kier molecular flexibility index (Phi) is 14.7. The van der Waals surface area contributed by atoms with E-state index in [1.807, 2.05) is 0 Å². The number of nitrogens with zero attached hydrogens (tertiary/aromatic N) is 1. The van der Waals surface area contributed by atoms with Crippen molar-refractivity contribution in [3.05, 3.63) is 84.5 Å². The fourth-order valence-corrected chi connectivity index (χ4v) is 5.81. The fourth-order valence-electron chi connectivity index (χ4n) is 2.34. The number of thiol groups is 1. The Hall–Kier alpha value is -0.190. The molecular weight excluding hydrogens is 633 g/mol. The van der Waals surface area contributed by atoms with Gasteiger partial charge in [0.1, 0.15) is 0 Å². The smallest absolute Gasteiger partial charge is 0.252 e. The van der Waals surface area contributed by atoms with Gasteiger partial charge in [0.2, 0.25) is 0 Å². The monoisotopic (exact) mass is 648 g/mol. The average Bonchev–Trinajstić information content (AvgIpc) is 2.80. The van der Waals surface area contributed by atoms with E-state index < -0.39 is 0 Å². The molecule has 13 heteroatoms. The van der Waals surface area contributed by atoms with E-state index >= 15 is 0 Å².